The lowest BCUT2D eigenvalue weighted by Crippen LogP contribution is -2.08. The Morgan fingerprint density at radius 2 is 2.13 bits per heavy atom. The molecule has 5 nitrogen and oxygen atoms in total. The Morgan fingerprint density at radius 3 is 2.60 bits per heavy atom. The average Bonchev–Trinajstić information content (AvgIpc) is 2.15. The second-order valence-electron chi connectivity index (χ2n) is 3.24. The molecule has 0 spiro atoms. The zero-order chi connectivity index (χ0) is 11.4. The minimum atomic E-state index is -0.570. The monoisotopic (exact) mass is 208 g/mol. The fraction of sp³-hybridized carbons (Fsp3) is 0.200. The van der Waals surface area contributed by atoms with E-state index in [9.17, 15) is 15.2 Å². The van der Waals surface area contributed by atoms with Crippen molar-refractivity contribution >= 4 is 11.8 Å². The van der Waals surface area contributed by atoms with Gasteiger partial charge in [-0.3, -0.25) is 10.1 Å². The molecule has 80 valence electrons. The Hall–Kier alpha value is -2.04. The lowest BCUT2D eigenvalue weighted by molar-refractivity contribution is -0.400. The molecule has 0 aliphatic heterocycles. The van der Waals surface area contributed by atoms with Crippen molar-refractivity contribution in [3.05, 3.63) is 40.1 Å². The third kappa shape index (κ3) is 2.98. The predicted octanol–water partition coefficient (Wildman–Crippen LogP) is 1.71. The van der Waals surface area contributed by atoms with Crippen molar-refractivity contribution in [2.24, 2.45) is 0 Å². The van der Waals surface area contributed by atoms with Crippen LogP contribution in [-0.2, 0) is 0 Å². The second kappa shape index (κ2) is 4.45. The number of rotatable bonds is 3. The Balaban J connectivity index is 2.98. The van der Waals surface area contributed by atoms with E-state index in [1.165, 1.54) is 6.08 Å². The van der Waals surface area contributed by atoms with Gasteiger partial charge >= 0.3 is 0 Å². The number of phenolic OH excluding ortho intramolecular Hbond substituents is 1. The van der Waals surface area contributed by atoms with Crippen LogP contribution in [0.25, 0.3) is 6.08 Å². The van der Waals surface area contributed by atoms with Gasteiger partial charge in [0.25, 0.3) is 0 Å². The molecule has 0 amide bonds. The summed E-state index contributed by atoms with van der Waals surface area (Å²) in [5.41, 5.74) is 1.27. The maximum absolute atomic E-state index is 10.1. The lowest BCUT2D eigenvalue weighted by atomic mass is 10.1. The molecule has 0 aromatic heterocycles. The highest BCUT2D eigenvalue weighted by Gasteiger charge is 2.02. The molecule has 1 N–H and O–H groups in total. The van der Waals surface area contributed by atoms with Gasteiger partial charge in [-0.15, -0.1) is 0 Å². The van der Waals surface area contributed by atoms with Crippen molar-refractivity contribution < 1.29 is 10.0 Å². The molecule has 0 atom stereocenters. The number of aromatic hydroxyl groups is 1. The van der Waals surface area contributed by atoms with Gasteiger partial charge in [-0.1, -0.05) is 0 Å². The molecule has 0 bridgehead atoms. The van der Waals surface area contributed by atoms with Gasteiger partial charge in [0.2, 0.25) is 6.20 Å². The number of nitro groups is 1. The summed E-state index contributed by atoms with van der Waals surface area (Å²) >= 11 is 0. The molecule has 1 aromatic rings. The Bertz CT molecular complexity index is 400. The number of hydrogen-bond acceptors (Lipinski definition) is 4. The number of anilines is 1. The number of hydrogen-bond donors (Lipinski definition) is 1. The van der Waals surface area contributed by atoms with E-state index >= 15 is 0 Å². The van der Waals surface area contributed by atoms with Crippen molar-refractivity contribution in [3.8, 4) is 5.75 Å². The Kier molecular flexibility index (Phi) is 3.28. The van der Waals surface area contributed by atoms with Crippen LogP contribution in [0.15, 0.2) is 24.4 Å². The number of phenols is 1. The first-order valence-electron chi connectivity index (χ1n) is 4.33. The van der Waals surface area contributed by atoms with Gasteiger partial charge < -0.3 is 10.0 Å². The van der Waals surface area contributed by atoms with Crippen molar-refractivity contribution in [2.75, 3.05) is 19.0 Å². The second-order valence-corrected chi connectivity index (χ2v) is 3.24. The molecule has 0 aliphatic carbocycles. The highest BCUT2D eigenvalue weighted by molar-refractivity contribution is 5.62. The maximum atomic E-state index is 10.1. The van der Waals surface area contributed by atoms with Gasteiger partial charge in [-0.2, -0.15) is 0 Å². The summed E-state index contributed by atoms with van der Waals surface area (Å²) in [5, 5.41) is 19.6. The molecule has 0 heterocycles. The van der Waals surface area contributed by atoms with Crippen LogP contribution in [0.1, 0.15) is 5.56 Å². The minimum Gasteiger partial charge on any atom is -0.507 e. The van der Waals surface area contributed by atoms with Crippen LogP contribution < -0.4 is 4.90 Å². The third-order valence-electron chi connectivity index (χ3n) is 1.91. The van der Waals surface area contributed by atoms with Gasteiger partial charge in [0.1, 0.15) is 5.75 Å². The van der Waals surface area contributed by atoms with E-state index < -0.39 is 4.92 Å². The maximum Gasteiger partial charge on any atom is 0.235 e. The number of nitrogens with zero attached hydrogens (tertiary/aromatic N) is 2. The van der Waals surface area contributed by atoms with Gasteiger partial charge in [0, 0.05) is 37.5 Å². The van der Waals surface area contributed by atoms with Crippen LogP contribution in [0, 0.1) is 10.1 Å². The molecule has 0 fully saturated rings. The molecule has 15 heavy (non-hydrogen) atoms. The zero-order valence-electron chi connectivity index (χ0n) is 8.54. The van der Waals surface area contributed by atoms with Crippen molar-refractivity contribution in [3.63, 3.8) is 0 Å². The van der Waals surface area contributed by atoms with E-state index in [4.69, 9.17) is 0 Å². The molecule has 5 heteroatoms. The standard InChI is InChI=1S/C10H12N2O3/c1-11(2)9-4-3-8(10(13)7-9)5-6-12(14)15/h3-7,13H,1-2H3. The van der Waals surface area contributed by atoms with E-state index in [-0.39, 0.29) is 5.75 Å². The summed E-state index contributed by atoms with van der Waals surface area (Å²) in [6.45, 7) is 0. The zero-order valence-corrected chi connectivity index (χ0v) is 8.54. The normalized spacial score (nSPS) is 10.5. The van der Waals surface area contributed by atoms with Crippen LogP contribution in [0.3, 0.4) is 0 Å². The minimum absolute atomic E-state index is 0.0271. The van der Waals surface area contributed by atoms with Crippen molar-refractivity contribution in [2.45, 2.75) is 0 Å². The molecule has 0 saturated carbocycles. The molecular formula is C10H12N2O3. The molecule has 1 rings (SSSR count). The first kappa shape index (κ1) is 11.0. The van der Waals surface area contributed by atoms with Gasteiger partial charge in [0.05, 0.1) is 4.92 Å². The SMILES string of the molecule is CN(C)c1ccc(C=C[N+](=O)[O-])c(O)c1. The predicted molar refractivity (Wildman–Crippen MR) is 58.5 cm³/mol. The van der Waals surface area contributed by atoms with Gasteiger partial charge in [-0.25, -0.2) is 0 Å². The van der Waals surface area contributed by atoms with Crippen molar-refractivity contribution in [1.29, 1.82) is 0 Å². The molecule has 0 aliphatic rings. The fourth-order valence-electron chi connectivity index (χ4n) is 1.09. The third-order valence-corrected chi connectivity index (χ3v) is 1.91. The molecule has 0 unspecified atom stereocenters. The van der Waals surface area contributed by atoms with E-state index in [0.29, 0.717) is 5.56 Å². The van der Waals surface area contributed by atoms with Crippen LogP contribution in [0.2, 0.25) is 0 Å². The summed E-state index contributed by atoms with van der Waals surface area (Å²) in [6.07, 6.45) is 2.05. The van der Waals surface area contributed by atoms with E-state index in [1.54, 1.807) is 18.2 Å². The smallest absolute Gasteiger partial charge is 0.235 e. The fourth-order valence-corrected chi connectivity index (χ4v) is 1.09. The quantitative estimate of drug-likeness (QED) is 0.606. The summed E-state index contributed by atoms with van der Waals surface area (Å²) in [5.74, 6) is 0.0271. The Labute approximate surface area is 87.4 Å². The summed E-state index contributed by atoms with van der Waals surface area (Å²) in [6, 6.07) is 4.96. The van der Waals surface area contributed by atoms with Crippen molar-refractivity contribution in [1.82, 2.24) is 0 Å². The van der Waals surface area contributed by atoms with Crippen LogP contribution >= 0.6 is 0 Å². The highest BCUT2D eigenvalue weighted by Crippen LogP contribution is 2.24. The van der Waals surface area contributed by atoms with E-state index in [1.807, 2.05) is 19.0 Å². The lowest BCUT2D eigenvalue weighted by Gasteiger charge is -2.12. The average molecular weight is 208 g/mol. The van der Waals surface area contributed by atoms with Crippen LogP contribution in [-0.4, -0.2) is 24.1 Å². The summed E-state index contributed by atoms with van der Waals surface area (Å²) < 4.78 is 0. The Morgan fingerprint density at radius 1 is 1.47 bits per heavy atom. The van der Waals surface area contributed by atoms with Crippen LogP contribution in [0.4, 0.5) is 5.69 Å². The summed E-state index contributed by atoms with van der Waals surface area (Å²) in [4.78, 5) is 11.4. The summed E-state index contributed by atoms with van der Waals surface area (Å²) in [7, 11) is 3.70. The molecular weight excluding hydrogens is 196 g/mol. The van der Waals surface area contributed by atoms with Crippen LogP contribution in [0.5, 0.6) is 5.75 Å². The molecule has 1 aromatic carbocycles. The molecule has 0 radical (unpaired) electrons. The first-order valence-corrected chi connectivity index (χ1v) is 4.33. The topological polar surface area (TPSA) is 66.6 Å². The number of benzene rings is 1. The van der Waals surface area contributed by atoms with Gasteiger partial charge in [-0.05, 0) is 12.1 Å². The van der Waals surface area contributed by atoms with Gasteiger partial charge in [0.15, 0.2) is 0 Å². The highest BCUT2D eigenvalue weighted by atomic mass is 16.6. The largest absolute Gasteiger partial charge is 0.507 e. The first-order chi connectivity index (χ1) is 7.00. The van der Waals surface area contributed by atoms with E-state index in [0.717, 1.165) is 11.9 Å². The van der Waals surface area contributed by atoms with E-state index in [2.05, 4.69) is 0 Å². The molecule has 0 saturated heterocycles.